The molecule has 1 aliphatic heterocycles. The molecule has 3 aromatic carbocycles. The maximum absolute atomic E-state index is 14.4. The summed E-state index contributed by atoms with van der Waals surface area (Å²) in [4.78, 5) is 33.7. The number of rotatable bonds is 11. The number of benzene rings is 3. The molecule has 5 rings (SSSR count). The molecule has 240 valence electrons. The Bertz CT molecular complexity index is 1960. The first-order valence-electron chi connectivity index (χ1n) is 15.6. The highest BCUT2D eigenvalue weighted by molar-refractivity contribution is 7.07. The van der Waals surface area contributed by atoms with Crippen LogP contribution in [0.1, 0.15) is 74.4 Å². The summed E-state index contributed by atoms with van der Waals surface area (Å²) in [6, 6.07) is 18.3. The van der Waals surface area contributed by atoms with Crippen LogP contribution in [-0.2, 0) is 9.53 Å². The van der Waals surface area contributed by atoms with E-state index in [2.05, 4.69) is 19.9 Å². The van der Waals surface area contributed by atoms with Crippen molar-refractivity contribution in [2.75, 3.05) is 26.9 Å². The predicted octanol–water partition coefficient (Wildman–Crippen LogP) is 6.17. The maximum Gasteiger partial charge on any atom is 0.338 e. The van der Waals surface area contributed by atoms with Crippen LogP contribution in [0.25, 0.3) is 11.8 Å². The first-order valence-corrected chi connectivity index (χ1v) is 16.4. The number of methoxy groups -OCH3 is 1. The second-order valence-corrected chi connectivity index (χ2v) is 12.1. The van der Waals surface area contributed by atoms with E-state index in [0.29, 0.717) is 45.3 Å². The van der Waals surface area contributed by atoms with Gasteiger partial charge in [0.25, 0.3) is 5.56 Å². The highest BCUT2D eigenvalue weighted by Crippen LogP contribution is 2.39. The Balaban J connectivity index is 1.83. The topological polar surface area (TPSA) is 88.4 Å². The van der Waals surface area contributed by atoms with Crippen molar-refractivity contribution in [2.24, 2.45) is 4.99 Å². The third-order valence-corrected chi connectivity index (χ3v) is 8.77. The fourth-order valence-electron chi connectivity index (χ4n) is 5.63. The zero-order valence-electron chi connectivity index (χ0n) is 27.4. The molecule has 0 amide bonds. The molecule has 1 aromatic heterocycles. The smallest absolute Gasteiger partial charge is 0.338 e. The van der Waals surface area contributed by atoms with Crippen molar-refractivity contribution in [3.8, 4) is 17.2 Å². The lowest BCUT2D eigenvalue weighted by Gasteiger charge is -2.26. The lowest BCUT2D eigenvalue weighted by atomic mass is 9.93. The summed E-state index contributed by atoms with van der Waals surface area (Å²) in [5, 5.41) is 0. The fourth-order valence-corrected chi connectivity index (χ4v) is 6.63. The van der Waals surface area contributed by atoms with Crippen molar-refractivity contribution in [1.82, 2.24) is 4.57 Å². The Kier molecular flexibility index (Phi) is 10.1. The standard InChI is InChI=1S/C37H40N2O6S/c1-8-43-28-17-16-25(20-30(28)44-9-2)34-32(36(41)45-10-3)33(24-14-12-11-13-15-24)38-37-39(34)35(40)31(46-37)21-26-19-27(22(4)5)29(42-7)18-23(26)6/h11-22,34H,8-10H2,1-7H3/b31-21+/t34-/m1/s1. The number of fused-ring (bicyclic) bond motifs is 1. The average molecular weight is 641 g/mol. The largest absolute Gasteiger partial charge is 0.496 e. The van der Waals surface area contributed by atoms with Gasteiger partial charge in [0.15, 0.2) is 16.3 Å². The van der Waals surface area contributed by atoms with Gasteiger partial charge in [0.2, 0.25) is 0 Å². The van der Waals surface area contributed by atoms with E-state index in [1.54, 1.807) is 18.6 Å². The van der Waals surface area contributed by atoms with Crippen LogP contribution in [0.4, 0.5) is 0 Å². The van der Waals surface area contributed by atoms with Crippen LogP contribution in [0, 0.1) is 6.92 Å². The lowest BCUT2D eigenvalue weighted by molar-refractivity contribution is -0.138. The van der Waals surface area contributed by atoms with Gasteiger partial charge in [-0.25, -0.2) is 9.79 Å². The fraction of sp³-hybridized carbons (Fsp3) is 0.324. The summed E-state index contributed by atoms with van der Waals surface area (Å²) in [5.41, 5.74) is 4.86. The SMILES string of the molecule is CCOC(=O)C1=C(c2ccccc2)N=c2s/c(=C/c3cc(C(C)C)c(OC)cc3C)c(=O)n2[C@@H]1c1ccc(OCC)c(OCC)c1. The van der Waals surface area contributed by atoms with E-state index in [1.807, 2.05) is 81.4 Å². The number of nitrogens with zero attached hydrogens (tertiary/aromatic N) is 2. The molecule has 0 spiro atoms. The molecule has 0 saturated carbocycles. The molecule has 0 N–H and O–H groups in total. The van der Waals surface area contributed by atoms with E-state index in [0.717, 1.165) is 28.0 Å². The second-order valence-electron chi connectivity index (χ2n) is 11.1. The number of hydrogen-bond acceptors (Lipinski definition) is 8. The van der Waals surface area contributed by atoms with Crippen molar-refractivity contribution in [3.63, 3.8) is 0 Å². The monoisotopic (exact) mass is 640 g/mol. The molecule has 2 heterocycles. The molecule has 9 heteroatoms. The molecule has 4 aromatic rings. The lowest BCUT2D eigenvalue weighted by Crippen LogP contribution is -2.40. The second kappa shape index (κ2) is 14.2. The van der Waals surface area contributed by atoms with Crippen LogP contribution < -0.4 is 29.1 Å². The summed E-state index contributed by atoms with van der Waals surface area (Å²) < 4.78 is 25.1. The van der Waals surface area contributed by atoms with Gasteiger partial charge in [-0.3, -0.25) is 9.36 Å². The maximum atomic E-state index is 14.4. The Morgan fingerprint density at radius 3 is 2.33 bits per heavy atom. The Morgan fingerprint density at radius 1 is 0.957 bits per heavy atom. The number of carbonyl (C=O) groups is 1. The molecule has 8 nitrogen and oxygen atoms in total. The number of ether oxygens (including phenoxy) is 4. The Labute approximate surface area is 273 Å². The average Bonchev–Trinajstić information content (AvgIpc) is 3.36. The van der Waals surface area contributed by atoms with E-state index in [-0.39, 0.29) is 23.7 Å². The van der Waals surface area contributed by atoms with Gasteiger partial charge in [0.1, 0.15) is 5.75 Å². The number of esters is 1. The van der Waals surface area contributed by atoms with Gasteiger partial charge in [0.05, 0.1) is 48.8 Å². The molecule has 0 unspecified atom stereocenters. The van der Waals surface area contributed by atoms with E-state index in [1.165, 1.54) is 11.3 Å². The summed E-state index contributed by atoms with van der Waals surface area (Å²) in [7, 11) is 1.67. The summed E-state index contributed by atoms with van der Waals surface area (Å²) in [5.74, 6) is 1.62. The van der Waals surface area contributed by atoms with Gasteiger partial charge in [-0.1, -0.05) is 61.6 Å². The Hall–Kier alpha value is -4.63. The Morgan fingerprint density at radius 2 is 1.67 bits per heavy atom. The molecule has 0 fully saturated rings. The molecular weight excluding hydrogens is 600 g/mol. The van der Waals surface area contributed by atoms with Crippen LogP contribution in [0.5, 0.6) is 17.2 Å². The first kappa shape index (κ1) is 32.8. The first-order chi connectivity index (χ1) is 22.2. The zero-order chi connectivity index (χ0) is 33.0. The van der Waals surface area contributed by atoms with E-state index in [9.17, 15) is 9.59 Å². The van der Waals surface area contributed by atoms with Crippen LogP contribution in [0.3, 0.4) is 0 Å². The predicted molar refractivity (Wildman–Crippen MR) is 182 cm³/mol. The summed E-state index contributed by atoms with van der Waals surface area (Å²) >= 11 is 1.29. The summed E-state index contributed by atoms with van der Waals surface area (Å²) in [6.07, 6.45) is 1.90. The van der Waals surface area contributed by atoms with Gasteiger partial charge in [-0.15, -0.1) is 0 Å². The molecular formula is C37H40N2O6S. The van der Waals surface area contributed by atoms with Crippen LogP contribution in [0.2, 0.25) is 0 Å². The van der Waals surface area contributed by atoms with Crippen molar-refractivity contribution >= 4 is 29.1 Å². The quantitative estimate of drug-likeness (QED) is 0.182. The number of carbonyl (C=O) groups excluding carboxylic acids is 1. The van der Waals surface area contributed by atoms with E-state index >= 15 is 0 Å². The molecule has 1 atom stereocenters. The van der Waals surface area contributed by atoms with E-state index < -0.39 is 12.0 Å². The molecule has 0 radical (unpaired) electrons. The van der Waals surface area contributed by atoms with Crippen LogP contribution >= 0.6 is 11.3 Å². The van der Waals surface area contributed by atoms with E-state index in [4.69, 9.17) is 23.9 Å². The van der Waals surface area contributed by atoms with Crippen LogP contribution in [0.15, 0.2) is 76.0 Å². The van der Waals surface area contributed by atoms with Crippen molar-refractivity contribution in [2.45, 2.75) is 53.5 Å². The van der Waals surface area contributed by atoms with Gasteiger partial charge < -0.3 is 18.9 Å². The third kappa shape index (κ3) is 6.37. The van der Waals surface area contributed by atoms with Crippen LogP contribution in [-0.4, -0.2) is 37.5 Å². The van der Waals surface area contributed by atoms with Crippen molar-refractivity contribution in [1.29, 1.82) is 0 Å². The molecule has 1 aliphatic rings. The number of aryl methyl sites for hydroxylation is 1. The van der Waals surface area contributed by atoms with Crippen molar-refractivity contribution in [3.05, 3.63) is 114 Å². The number of thiazole rings is 1. The number of aromatic nitrogens is 1. The van der Waals surface area contributed by atoms with Gasteiger partial charge >= 0.3 is 5.97 Å². The van der Waals surface area contributed by atoms with Gasteiger partial charge in [-0.2, -0.15) is 0 Å². The minimum Gasteiger partial charge on any atom is -0.496 e. The normalized spacial score (nSPS) is 14.6. The highest BCUT2D eigenvalue weighted by Gasteiger charge is 2.35. The summed E-state index contributed by atoms with van der Waals surface area (Å²) in [6.45, 7) is 12.8. The molecule has 0 aliphatic carbocycles. The molecule has 0 bridgehead atoms. The van der Waals surface area contributed by atoms with Gasteiger partial charge in [0, 0.05) is 5.56 Å². The highest BCUT2D eigenvalue weighted by atomic mass is 32.1. The number of hydrogen-bond donors (Lipinski definition) is 0. The minimum atomic E-state index is -0.828. The minimum absolute atomic E-state index is 0.171. The molecule has 0 saturated heterocycles. The molecule has 46 heavy (non-hydrogen) atoms. The third-order valence-electron chi connectivity index (χ3n) is 7.78. The zero-order valence-corrected chi connectivity index (χ0v) is 28.2. The van der Waals surface area contributed by atoms with Gasteiger partial charge in [-0.05, 0) is 86.2 Å². The van der Waals surface area contributed by atoms with Crippen molar-refractivity contribution < 1.29 is 23.7 Å².